The van der Waals surface area contributed by atoms with Crippen molar-refractivity contribution < 1.29 is 18.0 Å². The zero-order chi connectivity index (χ0) is 11.6. The first-order chi connectivity index (χ1) is 6.79. The van der Waals surface area contributed by atoms with Crippen LogP contribution in [0.5, 0.6) is 0 Å². The molecule has 84 valence electrons. The first kappa shape index (κ1) is 12.7. The van der Waals surface area contributed by atoms with Crippen molar-refractivity contribution in [2.75, 3.05) is 6.54 Å². The molecule has 0 aromatic carbocycles. The fourth-order valence-electron chi connectivity index (χ4n) is 0.835. The summed E-state index contributed by atoms with van der Waals surface area (Å²) in [5.74, 6) is -0.731. The average molecular weight is 350 g/mol. The monoisotopic (exact) mass is 350 g/mol. The maximum atomic E-state index is 11.8. The van der Waals surface area contributed by atoms with Gasteiger partial charge in [0.2, 0.25) is 0 Å². The standard InChI is InChI=1S/C7H6F3IN2OS/c1-3-4(15-6(11)13-3)5(14)12-2-7(8,9)10/h2H2,1H3,(H,12,14). The Morgan fingerprint density at radius 2 is 2.20 bits per heavy atom. The molecule has 1 rings (SSSR count). The van der Waals surface area contributed by atoms with Gasteiger partial charge in [0.1, 0.15) is 11.4 Å². The fourth-order valence-corrected chi connectivity index (χ4v) is 2.57. The predicted molar refractivity (Wildman–Crippen MR) is 58.0 cm³/mol. The lowest BCUT2D eigenvalue weighted by molar-refractivity contribution is -0.123. The Morgan fingerprint density at radius 3 is 2.60 bits per heavy atom. The van der Waals surface area contributed by atoms with Gasteiger partial charge in [0, 0.05) is 0 Å². The van der Waals surface area contributed by atoms with E-state index in [-0.39, 0.29) is 4.88 Å². The van der Waals surface area contributed by atoms with Crippen LogP contribution in [0.1, 0.15) is 15.4 Å². The third kappa shape index (κ3) is 3.93. The van der Waals surface area contributed by atoms with Crippen molar-refractivity contribution in [1.29, 1.82) is 0 Å². The lowest BCUT2D eigenvalue weighted by atomic mass is 10.4. The highest BCUT2D eigenvalue weighted by Gasteiger charge is 2.28. The van der Waals surface area contributed by atoms with Crippen LogP contribution in [0.4, 0.5) is 13.2 Å². The van der Waals surface area contributed by atoms with E-state index in [0.717, 1.165) is 11.3 Å². The molecule has 0 aliphatic rings. The van der Waals surface area contributed by atoms with E-state index in [1.54, 1.807) is 12.2 Å². The topological polar surface area (TPSA) is 42.0 Å². The highest BCUT2D eigenvalue weighted by Crippen LogP contribution is 2.20. The number of thiazole rings is 1. The zero-order valence-corrected chi connectivity index (χ0v) is 10.5. The second-order valence-corrected chi connectivity index (χ2v) is 5.43. The van der Waals surface area contributed by atoms with Crippen LogP contribution >= 0.6 is 33.9 Å². The van der Waals surface area contributed by atoms with Crippen LogP contribution in [-0.4, -0.2) is 23.6 Å². The maximum absolute atomic E-state index is 11.8. The molecule has 0 radical (unpaired) electrons. The number of carbonyl (C=O) groups excluding carboxylic acids is 1. The zero-order valence-electron chi connectivity index (χ0n) is 7.48. The first-order valence-electron chi connectivity index (χ1n) is 3.77. The van der Waals surface area contributed by atoms with Crippen molar-refractivity contribution in [3.05, 3.63) is 13.6 Å². The van der Waals surface area contributed by atoms with E-state index in [2.05, 4.69) is 4.98 Å². The van der Waals surface area contributed by atoms with Crippen LogP contribution in [0.15, 0.2) is 0 Å². The number of alkyl halides is 3. The van der Waals surface area contributed by atoms with Gasteiger partial charge in [0.25, 0.3) is 5.91 Å². The molecule has 1 aromatic heterocycles. The van der Waals surface area contributed by atoms with Gasteiger partial charge in [-0.05, 0) is 29.5 Å². The molecule has 1 heterocycles. The quantitative estimate of drug-likeness (QED) is 0.833. The predicted octanol–water partition coefficient (Wildman–Crippen LogP) is 2.35. The van der Waals surface area contributed by atoms with E-state index in [1.165, 1.54) is 0 Å². The molecule has 0 saturated carbocycles. The van der Waals surface area contributed by atoms with Crippen LogP contribution < -0.4 is 5.32 Å². The maximum Gasteiger partial charge on any atom is 0.405 e. The van der Waals surface area contributed by atoms with Crippen LogP contribution in [0.25, 0.3) is 0 Å². The van der Waals surface area contributed by atoms with Crippen molar-refractivity contribution in [3.63, 3.8) is 0 Å². The number of carbonyl (C=O) groups is 1. The van der Waals surface area contributed by atoms with Gasteiger partial charge in [-0.25, -0.2) is 4.98 Å². The summed E-state index contributed by atoms with van der Waals surface area (Å²) in [6.45, 7) is 0.265. The molecule has 1 amide bonds. The third-order valence-corrected chi connectivity index (χ3v) is 3.27. The molecule has 3 nitrogen and oxygen atoms in total. The Hall–Kier alpha value is -0.380. The lowest BCUT2D eigenvalue weighted by Crippen LogP contribution is -2.33. The molecular formula is C7H6F3IN2OS. The van der Waals surface area contributed by atoms with Crippen LogP contribution in [-0.2, 0) is 0 Å². The number of amides is 1. The van der Waals surface area contributed by atoms with Crippen molar-refractivity contribution in [3.8, 4) is 0 Å². The molecule has 0 saturated heterocycles. The molecular weight excluding hydrogens is 344 g/mol. The highest BCUT2D eigenvalue weighted by molar-refractivity contribution is 14.1. The largest absolute Gasteiger partial charge is 0.405 e. The molecule has 0 fully saturated rings. The Balaban J connectivity index is 2.66. The number of aromatic nitrogens is 1. The summed E-state index contributed by atoms with van der Waals surface area (Å²) in [6, 6.07) is 0. The molecule has 15 heavy (non-hydrogen) atoms. The minimum absolute atomic E-state index is 0.226. The molecule has 0 spiro atoms. The van der Waals surface area contributed by atoms with Gasteiger partial charge in [-0.15, -0.1) is 11.3 Å². The van der Waals surface area contributed by atoms with Gasteiger partial charge in [-0.2, -0.15) is 13.2 Å². The van der Waals surface area contributed by atoms with Crippen molar-refractivity contribution >= 4 is 39.8 Å². The lowest BCUT2D eigenvalue weighted by Gasteiger charge is -2.06. The smallest absolute Gasteiger partial charge is 0.342 e. The summed E-state index contributed by atoms with van der Waals surface area (Å²) in [7, 11) is 0. The van der Waals surface area contributed by atoms with Gasteiger partial charge < -0.3 is 5.32 Å². The molecule has 1 aromatic rings. The van der Waals surface area contributed by atoms with Crippen molar-refractivity contribution in [1.82, 2.24) is 10.3 Å². The van der Waals surface area contributed by atoms with Gasteiger partial charge in [0.15, 0.2) is 3.01 Å². The number of hydrogen-bond donors (Lipinski definition) is 1. The van der Waals surface area contributed by atoms with Crippen molar-refractivity contribution in [2.24, 2.45) is 0 Å². The van der Waals surface area contributed by atoms with Gasteiger partial charge in [-0.1, -0.05) is 0 Å². The Kier molecular flexibility index (Phi) is 3.93. The third-order valence-electron chi connectivity index (χ3n) is 1.43. The Bertz CT molecular complexity index is 377. The van der Waals surface area contributed by atoms with Crippen molar-refractivity contribution in [2.45, 2.75) is 13.1 Å². The van der Waals surface area contributed by atoms with E-state index in [9.17, 15) is 18.0 Å². The minimum Gasteiger partial charge on any atom is -0.342 e. The van der Waals surface area contributed by atoms with E-state index in [4.69, 9.17) is 0 Å². The molecule has 8 heteroatoms. The molecule has 0 atom stereocenters. The second kappa shape index (κ2) is 4.64. The van der Waals surface area contributed by atoms with Crippen LogP contribution in [0, 0.1) is 9.94 Å². The SMILES string of the molecule is Cc1nc(I)sc1C(=O)NCC(F)(F)F. The fraction of sp³-hybridized carbons (Fsp3) is 0.429. The normalized spacial score (nSPS) is 11.5. The van der Waals surface area contributed by atoms with Gasteiger partial charge in [0.05, 0.1) is 5.69 Å². The second-order valence-electron chi connectivity index (χ2n) is 2.68. The van der Waals surface area contributed by atoms with Gasteiger partial charge in [-0.3, -0.25) is 4.79 Å². The average Bonchev–Trinajstić information content (AvgIpc) is 2.40. The van der Waals surface area contributed by atoms with E-state index >= 15 is 0 Å². The number of hydrogen-bond acceptors (Lipinski definition) is 3. The number of aryl methyl sites for hydroxylation is 1. The van der Waals surface area contributed by atoms with E-state index in [1.807, 2.05) is 22.6 Å². The van der Waals surface area contributed by atoms with Gasteiger partial charge >= 0.3 is 6.18 Å². The Labute approximate surface area is 101 Å². The van der Waals surface area contributed by atoms with E-state index < -0.39 is 18.6 Å². The summed E-state index contributed by atoms with van der Waals surface area (Å²) < 4.78 is 36.1. The summed E-state index contributed by atoms with van der Waals surface area (Å²) in [6.07, 6.45) is -4.39. The van der Waals surface area contributed by atoms with E-state index in [0.29, 0.717) is 8.71 Å². The van der Waals surface area contributed by atoms with Crippen LogP contribution in [0.2, 0.25) is 0 Å². The summed E-state index contributed by atoms with van der Waals surface area (Å²) in [5, 5.41) is 1.80. The summed E-state index contributed by atoms with van der Waals surface area (Å²) >= 11 is 2.98. The number of halogens is 4. The molecule has 1 N–H and O–H groups in total. The number of nitrogens with zero attached hydrogens (tertiary/aromatic N) is 1. The molecule has 0 unspecified atom stereocenters. The number of rotatable bonds is 2. The molecule has 0 aliphatic heterocycles. The molecule has 0 aliphatic carbocycles. The first-order valence-corrected chi connectivity index (χ1v) is 5.67. The van der Waals surface area contributed by atoms with Crippen LogP contribution in [0.3, 0.4) is 0 Å². The summed E-state index contributed by atoms with van der Waals surface area (Å²) in [4.78, 5) is 15.4. The highest BCUT2D eigenvalue weighted by atomic mass is 127. The minimum atomic E-state index is -4.39. The molecule has 0 bridgehead atoms. The number of nitrogens with one attached hydrogen (secondary N) is 1. The summed E-state index contributed by atoms with van der Waals surface area (Å²) in [5.41, 5.74) is 0.448. The Morgan fingerprint density at radius 1 is 1.60 bits per heavy atom.